The normalized spacial score (nSPS) is 26.3. The van der Waals surface area contributed by atoms with Crippen molar-refractivity contribution in [1.82, 2.24) is 0 Å². The van der Waals surface area contributed by atoms with Crippen LogP contribution in [-0.4, -0.2) is 78.7 Å². The topological polar surface area (TPSA) is 114 Å². The highest BCUT2D eigenvalue weighted by atomic mass is 16.7. The summed E-state index contributed by atoms with van der Waals surface area (Å²) in [6, 6.07) is 49.2. The third-order valence-corrected chi connectivity index (χ3v) is 9.90. The zero-order valence-corrected chi connectivity index (χ0v) is 31.3. The summed E-state index contributed by atoms with van der Waals surface area (Å²) < 4.78 is 51.3. The number of ether oxygens (including phenoxy) is 8. The van der Waals surface area contributed by atoms with E-state index in [1.165, 1.54) is 0 Å². The maximum atomic E-state index is 11.3. The van der Waals surface area contributed by atoms with Crippen molar-refractivity contribution in [3.05, 3.63) is 179 Å². The lowest BCUT2D eigenvalue weighted by Crippen LogP contribution is -2.62. The van der Waals surface area contributed by atoms with E-state index in [-0.39, 0.29) is 52.9 Å². The molecule has 0 aromatic heterocycles. The van der Waals surface area contributed by atoms with Crippen LogP contribution in [0.15, 0.2) is 152 Å². The van der Waals surface area contributed by atoms with Crippen molar-refractivity contribution in [2.75, 3.05) is 19.8 Å². The monoisotopic (exact) mass is 762 g/mol. The van der Waals surface area contributed by atoms with Crippen LogP contribution >= 0.6 is 0 Å². The molecule has 2 heterocycles. The lowest BCUT2D eigenvalue weighted by Gasteiger charge is -2.46. The third-order valence-electron chi connectivity index (χ3n) is 9.90. The molecular formula is C46H50O10. The molecule has 5 aromatic rings. The van der Waals surface area contributed by atoms with Crippen molar-refractivity contribution >= 4 is 0 Å². The van der Waals surface area contributed by atoms with Gasteiger partial charge >= 0.3 is 0 Å². The largest absolute Gasteiger partial charge is 0.385 e. The SMILES string of the molecule is O[C@H]1[C@H](OC[C@H]2O[C@@H](OCc3ccccc3)[C@H](OCc3ccccc3)[C@@H](OCc3ccccc3)[C@@H]2OCc2ccccc2)OC[C@]1(O)COCc1ccccc1. The first-order chi connectivity index (χ1) is 27.5. The van der Waals surface area contributed by atoms with Crippen molar-refractivity contribution in [1.29, 1.82) is 0 Å². The number of rotatable bonds is 19. The van der Waals surface area contributed by atoms with E-state index >= 15 is 0 Å². The van der Waals surface area contributed by atoms with Gasteiger partial charge in [0, 0.05) is 0 Å². The number of hydrogen-bond acceptors (Lipinski definition) is 10. The molecule has 2 saturated heterocycles. The van der Waals surface area contributed by atoms with E-state index in [1.54, 1.807) is 0 Å². The number of aliphatic hydroxyl groups excluding tert-OH is 1. The van der Waals surface area contributed by atoms with Gasteiger partial charge in [-0.1, -0.05) is 152 Å². The predicted molar refractivity (Wildman–Crippen MR) is 208 cm³/mol. The van der Waals surface area contributed by atoms with Gasteiger partial charge in [0.25, 0.3) is 0 Å². The minimum absolute atomic E-state index is 0.0794. The van der Waals surface area contributed by atoms with Gasteiger partial charge in [-0.05, 0) is 27.8 Å². The van der Waals surface area contributed by atoms with E-state index in [9.17, 15) is 10.2 Å². The Bertz CT molecular complexity index is 1840. The molecule has 0 unspecified atom stereocenters. The summed E-state index contributed by atoms with van der Waals surface area (Å²) in [5.74, 6) is 0. The number of benzene rings is 5. The first-order valence-corrected chi connectivity index (χ1v) is 19.1. The van der Waals surface area contributed by atoms with Crippen LogP contribution in [-0.2, 0) is 70.9 Å². The molecule has 8 atom stereocenters. The van der Waals surface area contributed by atoms with Crippen LogP contribution in [0.4, 0.5) is 0 Å². The van der Waals surface area contributed by atoms with Crippen molar-refractivity contribution in [2.24, 2.45) is 0 Å². The Hall–Kier alpha value is -4.30. The lowest BCUT2D eigenvalue weighted by atomic mass is 9.97. The van der Waals surface area contributed by atoms with Crippen molar-refractivity contribution in [3.8, 4) is 0 Å². The molecule has 0 radical (unpaired) electrons. The first-order valence-electron chi connectivity index (χ1n) is 19.1. The van der Waals surface area contributed by atoms with Gasteiger partial charge in [0.05, 0.1) is 52.9 Å². The highest BCUT2D eigenvalue weighted by Crippen LogP contribution is 2.33. The smallest absolute Gasteiger partial charge is 0.187 e. The summed E-state index contributed by atoms with van der Waals surface area (Å²) in [7, 11) is 0. The van der Waals surface area contributed by atoms with Gasteiger partial charge in [-0.25, -0.2) is 0 Å². The van der Waals surface area contributed by atoms with Gasteiger partial charge in [0.1, 0.15) is 36.1 Å². The van der Waals surface area contributed by atoms with Crippen LogP contribution in [0.3, 0.4) is 0 Å². The minimum Gasteiger partial charge on any atom is -0.385 e. The minimum atomic E-state index is -1.67. The Morgan fingerprint density at radius 2 is 0.893 bits per heavy atom. The zero-order valence-electron chi connectivity index (χ0n) is 31.3. The first kappa shape index (κ1) is 39.9. The Balaban J connectivity index is 1.13. The van der Waals surface area contributed by atoms with Gasteiger partial charge in [0.2, 0.25) is 0 Å². The molecule has 0 spiro atoms. The molecule has 10 heteroatoms. The van der Waals surface area contributed by atoms with Crippen LogP contribution < -0.4 is 0 Å². The fraction of sp³-hybridized carbons (Fsp3) is 0.348. The van der Waals surface area contributed by atoms with Crippen molar-refractivity contribution in [2.45, 2.75) is 81.7 Å². The highest BCUT2D eigenvalue weighted by Gasteiger charge is 2.52. The van der Waals surface area contributed by atoms with Crippen LogP contribution in [0.1, 0.15) is 27.8 Å². The summed E-state index contributed by atoms with van der Waals surface area (Å²) in [6.07, 6.45) is -6.34. The Labute approximate surface area is 328 Å². The maximum Gasteiger partial charge on any atom is 0.187 e. The van der Waals surface area contributed by atoms with E-state index in [2.05, 4.69) is 0 Å². The molecule has 2 aliphatic rings. The Morgan fingerprint density at radius 3 is 1.38 bits per heavy atom. The number of hydrogen-bond donors (Lipinski definition) is 2. The molecule has 56 heavy (non-hydrogen) atoms. The fourth-order valence-corrected chi connectivity index (χ4v) is 6.80. The standard InChI is InChI=1S/C46H50O10/c47-43-45(55-33-46(43,48)32-49-26-34-16-6-1-7-17-34)54-31-39-40(50-27-35-18-8-2-9-19-35)41(51-28-36-20-10-3-11-21-36)42(52-29-37-22-12-4-13-23-37)44(56-39)53-30-38-24-14-5-15-25-38/h1-25,39-45,47-48H,26-33H2/t39-,40-,41+,42-,43+,44-,45-,46-/m1/s1. The molecule has 0 aliphatic carbocycles. The summed E-state index contributed by atoms with van der Waals surface area (Å²) in [5.41, 5.74) is 3.17. The average molecular weight is 763 g/mol. The van der Waals surface area contributed by atoms with E-state index in [1.807, 2.05) is 152 Å². The van der Waals surface area contributed by atoms with Crippen LogP contribution in [0.5, 0.6) is 0 Å². The highest BCUT2D eigenvalue weighted by molar-refractivity contribution is 5.17. The predicted octanol–water partition coefficient (Wildman–Crippen LogP) is 6.37. The molecular weight excluding hydrogens is 712 g/mol. The summed E-state index contributed by atoms with van der Waals surface area (Å²) in [5, 5.41) is 22.6. The van der Waals surface area contributed by atoms with Gasteiger partial charge in [-0.2, -0.15) is 0 Å². The molecule has 294 valence electrons. The van der Waals surface area contributed by atoms with Gasteiger partial charge in [0.15, 0.2) is 12.6 Å². The van der Waals surface area contributed by atoms with Gasteiger partial charge in [-0.3, -0.25) is 0 Å². The second-order valence-corrected chi connectivity index (χ2v) is 14.2. The van der Waals surface area contributed by atoms with Crippen molar-refractivity contribution < 1.29 is 48.1 Å². The second-order valence-electron chi connectivity index (χ2n) is 14.2. The lowest BCUT2D eigenvalue weighted by molar-refractivity contribution is -0.335. The van der Waals surface area contributed by atoms with Crippen molar-refractivity contribution in [3.63, 3.8) is 0 Å². The van der Waals surface area contributed by atoms with E-state index in [0.29, 0.717) is 0 Å². The van der Waals surface area contributed by atoms with Gasteiger partial charge in [-0.15, -0.1) is 0 Å². The van der Waals surface area contributed by atoms with E-state index in [4.69, 9.17) is 37.9 Å². The maximum absolute atomic E-state index is 11.3. The van der Waals surface area contributed by atoms with Crippen LogP contribution in [0, 0.1) is 0 Å². The molecule has 0 saturated carbocycles. The number of aliphatic hydroxyl groups is 2. The Kier molecular flexibility index (Phi) is 14.4. The fourth-order valence-electron chi connectivity index (χ4n) is 6.80. The second kappa shape index (κ2) is 20.2. The molecule has 5 aromatic carbocycles. The Morgan fingerprint density at radius 1 is 0.482 bits per heavy atom. The molecule has 2 fully saturated rings. The quantitative estimate of drug-likeness (QED) is 0.0985. The summed E-state index contributed by atoms with van der Waals surface area (Å²) in [4.78, 5) is 0. The van der Waals surface area contributed by atoms with Gasteiger partial charge < -0.3 is 48.1 Å². The molecule has 0 bridgehead atoms. The average Bonchev–Trinajstić information content (AvgIpc) is 3.53. The van der Waals surface area contributed by atoms with E-state index < -0.39 is 48.7 Å². The molecule has 0 amide bonds. The molecule has 2 N–H and O–H groups in total. The zero-order chi connectivity index (χ0) is 38.4. The third kappa shape index (κ3) is 11.0. The summed E-state index contributed by atoms with van der Waals surface area (Å²) in [6.45, 7) is 0.964. The van der Waals surface area contributed by atoms with Crippen LogP contribution in [0.25, 0.3) is 0 Å². The molecule has 10 nitrogen and oxygen atoms in total. The van der Waals surface area contributed by atoms with E-state index in [0.717, 1.165) is 27.8 Å². The molecule has 2 aliphatic heterocycles. The van der Waals surface area contributed by atoms with Crippen LogP contribution in [0.2, 0.25) is 0 Å². The summed E-state index contributed by atoms with van der Waals surface area (Å²) >= 11 is 0. The molecule has 7 rings (SSSR count).